The molecule has 1 N–H and O–H groups in total. The molecule has 0 radical (unpaired) electrons. The smallest absolute Gasteiger partial charge is 0.236 e. The molecule has 0 aromatic carbocycles. The molecular formula is C12H23N3O2. The predicted octanol–water partition coefficient (Wildman–Crippen LogP) is -0.469. The van der Waals surface area contributed by atoms with Crippen LogP contribution in [-0.4, -0.2) is 74.7 Å². The number of amides is 1. The Kier molecular flexibility index (Phi) is 5.22. The number of ether oxygens (including phenoxy) is 1. The zero-order chi connectivity index (χ0) is 11.9. The summed E-state index contributed by atoms with van der Waals surface area (Å²) in [6, 6.07) is 0. The Hall–Kier alpha value is -0.650. The highest BCUT2D eigenvalue weighted by atomic mass is 16.5. The van der Waals surface area contributed by atoms with Crippen molar-refractivity contribution in [2.24, 2.45) is 0 Å². The van der Waals surface area contributed by atoms with Gasteiger partial charge < -0.3 is 15.0 Å². The number of carbonyl (C=O) groups excluding carboxylic acids is 1. The molecule has 17 heavy (non-hydrogen) atoms. The van der Waals surface area contributed by atoms with Crippen LogP contribution in [-0.2, 0) is 9.53 Å². The Balaban J connectivity index is 1.51. The Labute approximate surface area is 103 Å². The van der Waals surface area contributed by atoms with Gasteiger partial charge in [-0.1, -0.05) is 0 Å². The van der Waals surface area contributed by atoms with Crippen molar-refractivity contribution >= 4 is 5.91 Å². The fourth-order valence-corrected chi connectivity index (χ4v) is 2.34. The summed E-state index contributed by atoms with van der Waals surface area (Å²) in [6.07, 6.45) is 2.33. The molecule has 1 amide bonds. The van der Waals surface area contributed by atoms with E-state index in [9.17, 15) is 4.79 Å². The fraction of sp³-hybridized carbons (Fsp3) is 0.917. The minimum atomic E-state index is 0.254. The van der Waals surface area contributed by atoms with Crippen molar-refractivity contribution < 1.29 is 9.53 Å². The van der Waals surface area contributed by atoms with Crippen molar-refractivity contribution in [3.63, 3.8) is 0 Å². The van der Waals surface area contributed by atoms with Gasteiger partial charge in [0, 0.05) is 39.3 Å². The second-order valence-electron chi connectivity index (χ2n) is 4.72. The van der Waals surface area contributed by atoms with Gasteiger partial charge in [-0.15, -0.1) is 0 Å². The summed E-state index contributed by atoms with van der Waals surface area (Å²) in [5.41, 5.74) is 0. The summed E-state index contributed by atoms with van der Waals surface area (Å²) < 4.78 is 5.29. The second-order valence-corrected chi connectivity index (χ2v) is 4.72. The monoisotopic (exact) mass is 241 g/mol. The second kappa shape index (κ2) is 6.93. The number of likely N-dealkylation sites (tertiary alicyclic amines) is 1. The lowest BCUT2D eigenvalue weighted by molar-refractivity contribution is -0.129. The van der Waals surface area contributed by atoms with Gasteiger partial charge in [-0.25, -0.2) is 0 Å². The summed E-state index contributed by atoms with van der Waals surface area (Å²) >= 11 is 0. The SMILES string of the molecule is O=C(CNCCN1CCOCC1)N1CCCC1. The molecule has 2 rings (SSSR count). The van der Waals surface area contributed by atoms with E-state index in [-0.39, 0.29) is 5.91 Å². The predicted molar refractivity (Wildman–Crippen MR) is 65.9 cm³/mol. The van der Waals surface area contributed by atoms with E-state index in [4.69, 9.17) is 4.74 Å². The van der Waals surface area contributed by atoms with Gasteiger partial charge in [-0.3, -0.25) is 9.69 Å². The molecule has 0 aromatic heterocycles. The lowest BCUT2D eigenvalue weighted by atomic mass is 10.4. The Morgan fingerprint density at radius 1 is 1.12 bits per heavy atom. The van der Waals surface area contributed by atoms with Gasteiger partial charge in [-0.05, 0) is 12.8 Å². The molecule has 0 bridgehead atoms. The molecule has 5 heteroatoms. The van der Waals surface area contributed by atoms with E-state index in [1.807, 2.05) is 4.90 Å². The first kappa shape index (κ1) is 12.8. The molecule has 2 heterocycles. The molecule has 0 atom stereocenters. The largest absolute Gasteiger partial charge is 0.379 e. The van der Waals surface area contributed by atoms with Crippen molar-refractivity contribution in [1.82, 2.24) is 15.1 Å². The molecular weight excluding hydrogens is 218 g/mol. The summed E-state index contributed by atoms with van der Waals surface area (Å²) in [4.78, 5) is 16.1. The van der Waals surface area contributed by atoms with Gasteiger partial charge >= 0.3 is 0 Å². The molecule has 2 saturated heterocycles. The highest BCUT2D eigenvalue weighted by molar-refractivity contribution is 5.78. The lowest BCUT2D eigenvalue weighted by Crippen LogP contribution is -2.42. The van der Waals surface area contributed by atoms with Crippen molar-refractivity contribution in [2.45, 2.75) is 12.8 Å². The number of nitrogens with zero attached hydrogens (tertiary/aromatic N) is 2. The van der Waals surface area contributed by atoms with Crippen LogP contribution in [0.25, 0.3) is 0 Å². The quantitative estimate of drug-likeness (QED) is 0.661. The standard InChI is InChI=1S/C12H23N3O2/c16-12(15-4-1-2-5-15)11-13-3-6-14-7-9-17-10-8-14/h13H,1-11H2. The van der Waals surface area contributed by atoms with Crippen LogP contribution in [0, 0.1) is 0 Å². The molecule has 2 aliphatic heterocycles. The van der Waals surface area contributed by atoms with Crippen LogP contribution in [0.4, 0.5) is 0 Å². The van der Waals surface area contributed by atoms with Crippen LogP contribution in [0.3, 0.4) is 0 Å². The number of rotatable bonds is 5. The summed E-state index contributed by atoms with van der Waals surface area (Å²) in [7, 11) is 0. The van der Waals surface area contributed by atoms with Crippen LogP contribution in [0.15, 0.2) is 0 Å². The highest BCUT2D eigenvalue weighted by Crippen LogP contribution is 2.06. The summed E-state index contributed by atoms with van der Waals surface area (Å²) in [5, 5.41) is 3.24. The van der Waals surface area contributed by atoms with Gasteiger partial charge in [0.2, 0.25) is 5.91 Å². The minimum absolute atomic E-state index is 0.254. The van der Waals surface area contributed by atoms with Crippen molar-refractivity contribution in [3.8, 4) is 0 Å². The van der Waals surface area contributed by atoms with Crippen molar-refractivity contribution in [3.05, 3.63) is 0 Å². The van der Waals surface area contributed by atoms with Crippen LogP contribution < -0.4 is 5.32 Å². The number of carbonyl (C=O) groups is 1. The average Bonchev–Trinajstić information content (AvgIpc) is 2.89. The maximum atomic E-state index is 11.7. The number of nitrogens with one attached hydrogen (secondary N) is 1. The maximum Gasteiger partial charge on any atom is 0.236 e. The normalized spacial score (nSPS) is 22.0. The average molecular weight is 241 g/mol. The lowest BCUT2D eigenvalue weighted by Gasteiger charge is -2.26. The molecule has 2 fully saturated rings. The first-order valence-corrected chi connectivity index (χ1v) is 6.65. The van der Waals surface area contributed by atoms with Gasteiger partial charge in [0.25, 0.3) is 0 Å². The third kappa shape index (κ3) is 4.26. The van der Waals surface area contributed by atoms with Gasteiger partial charge in [0.15, 0.2) is 0 Å². The van der Waals surface area contributed by atoms with Gasteiger partial charge in [0.1, 0.15) is 0 Å². The Bertz CT molecular complexity index is 236. The van der Waals surface area contributed by atoms with Gasteiger partial charge in [-0.2, -0.15) is 0 Å². The van der Waals surface area contributed by atoms with Crippen LogP contribution >= 0.6 is 0 Å². The maximum absolute atomic E-state index is 11.7. The molecule has 0 aliphatic carbocycles. The molecule has 5 nitrogen and oxygen atoms in total. The zero-order valence-electron chi connectivity index (χ0n) is 10.5. The van der Waals surface area contributed by atoms with Crippen LogP contribution in [0.2, 0.25) is 0 Å². The molecule has 2 aliphatic rings. The topological polar surface area (TPSA) is 44.8 Å². The van der Waals surface area contributed by atoms with Crippen molar-refractivity contribution in [2.75, 3.05) is 59.0 Å². The summed E-state index contributed by atoms with van der Waals surface area (Å²) in [6.45, 7) is 8.00. The number of morpholine rings is 1. The van der Waals surface area contributed by atoms with E-state index in [2.05, 4.69) is 10.2 Å². The Morgan fingerprint density at radius 3 is 2.53 bits per heavy atom. The molecule has 98 valence electrons. The van der Waals surface area contributed by atoms with E-state index in [0.29, 0.717) is 6.54 Å². The van der Waals surface area contributed by atoms with E-state index in [1.165, 1.54) is 12.8 Å². The van der Waals surface area contributed by atoms with E-state index in [1.54, 1.807) is 0 Å². The van der Waals surface area contributed by atoms with Crippen LogP contribution in [0.5, 0.6) is 0 Å². The third-order valence-corrected chi connectivity index (χ3v) is 3.44. The van der Waals surface area contributed by atoms with Gasteiger partial charge in [0.05, 0.1) is 19.8 Å². The third-order valence-electron chi connectivity index (χ3n) is 3.44. The number of hydrogen-bond donors (Lipinski definition) is 1. The molecule has 0 saturated carbocycles. The first-order valence-electron chi connectivity index (χ1n) is 6.65. The molecule has 0 unspecified atom stereocenters. The highest BCUT2D eigenvalue weighted by Gasteiger charge is 2.17. The summed E-state index contributed by atoms with van der Waals surface area (Å²) in [5.74, 6) is 0.254. The van der Waals surface area contributed by atoms with E-state index < -0.39 is 0 Å². The van der Waals surface area contributed by atoms with Crippen LogP contribution in [0.1, 0.15) is 12.8 Å². The Morgan fingerprint density at radius 2 is 1.82 bits per heavy atom. The van der Waals surface area contributed by atoms with E-state index in [0.717, 1.165) is 52.5 Å². The molecule has 0 aromatic rings. The fourth-order valence-electron chi connectivity index (χ4n) is 2.34. The van der Waals surface area contributed by atoms with Crippen molar-refractivity contribution in [1.29, 1.82) is 0 Å². The first-order chi connectivity index (χ1) is 8.36. The van der Waals surface area contributed by atoms with E-state index >= 15 is 0 Å². The zero-order valence-corrected chi connectivity index (χ0v) is 10.5. The number of hydrogen-bond acceptors (Lipinski definition) is 4. The molecule has 0 spiro atoms. The minimum Gasteiger partial charge on any atom is -0.379 e.